The first-order chi connectivity index (χ1) is 25.1. The highest BCUT2D eigenvalue weighted by Crippen LogP contribution is 2.46. The van der Waals surface area contributed by atoms with Gasteiger partial charge in [-0.05, 0) is 73.1 Å². The van der Waals surface area contributed by atoms with Gasteiger partial charge in [0.05, 0.1) is 49.3 Å². The molecule has 9 unspecified atom stereocenters. The maximum atomic E-state index is 13.3. The maximum Gasteiger partial charge on any atom is 0.223 e. The normalized spacial score (nSPS) is 29.3. The molecule has 7 rings (SSSR count). The zero-order chi connectivity index (χ0) is 36.7. The minimum atomic E-state index is -0.276. The fraction of sp³-hybridized carbons (Fsp3) is 0.651. The number of likely N-dealkylation sites (tertiary alicyclic amines) is 1. The Bertz CT molecular complexity index is 1690. The molecule has 1 saturated heterocycles. The topological polar surface area (TPSA) is 99.0 Å². The molecule has 9 heteroatoms. The molecule has 0 radical (unpaired) electrons. The summed E-state index contributed by atoms with van der Waals surface area (Å²) in [5, 5.41) is 3.66. The number of amidine groups is 1. The van der Waals surface area contributed by atoms with Gasteiger partial charge in [0.15, 0.2) is 6.17 Å². The van der Waals surface area contributed by atoms with E-state index in [0.717, 1.165) is 74.3 Å². The maximum absolute atomic E-state index is 13.3. The number of rotatable bonds is 12. The number of nitrogens with zero attached hydrogens (tertiary/aromatic N) is 5. The number of ether oxygens (including phenoxy) is 1. The zero-order valence-electron chi connectivity index (χ0n) is 32.4. The van der Waals surface area contributed by atoms with E-state index in [-0.39, 0.29) is 54.0 Å². The number of aliphatic imine (C=N–C) groups is 3. The SMILES string of the molecule is C=C1CCN(C(=O)CC(C)CC)C1C1N=C2CCC3=CC4c5ccc(C6CN=C(CN(C(=O)CC(C)CC)C(C)CC)N6)cc5COC4CC3C2=N1. The van der Waals surface area contributed by atoms with Crippen molar-refractivity contribution in [1.29, 1.82) is 0 Å². The molecule has 2 fully saturated rings. The minimum absolute atomic E-state index is 0.0946. The average Bonchev–Trinajstić information content (AvgIpc) is 3.90. The summed E-state index contributed by atoms with van der Waals surface area (Å²) < 4.78 is 6.64. The summed E-state index contributed by atoms with van der Waals surface area (Å²) in [6.45, 7) is 19.8. The zero-order valence-corrected chi connectivity index (χ0v) is 32.4. The molecule has 1 aromatic carbocycles. The van der Waals surface area contributed by atoms with Gasteiger partial charge in [-0.25, -0.2) is 0 Å². The average molecular weight is 709 g/mol. The Morgan fingerprint density at radius 3 is 2.60 bits per heavy atom. The second kappa shape index (κ2) is 15.4. The van der Waals surface area contributed by atoms with E-state index in [1.807, 2.05) is 9.80 Å². The second-order valence-corrected chi connectivity index (χ2v) is 16.5. The first kappa shape index (κ1) is 36.8. The largest absolute Gasteiger partial charge is 0.373 e. The molecule has 0 spiro atoms. The number of hydrogen-bond donors (Lipinski definition) is 1. The van der Waals surface area contributed by atoms with E-state index in [0.29, 0.717) is 44.4 Å². The van der Waals surface area contributed by atoms with Crippen LogP contribution in [-0.4, -0.2) is 82.9 Å². The smallest absolute Gasteiger partial charge is 0.223 e. The first-order valence-electron chi connectivity index (χ1n) is 20.2. The Labute approximate surface area is 311 Å². The lowest BCUT2D eigenvalue weighted by molar-refractivity contribution is -0.134. The Hall–Kier alpha value is -3.59. The molecule has 1 aromatic rings. The number of benzene rings is 1. The second-order valence-electron chi connectivity index (χ2n) is 16.5. The van der Waals surface area contributed by atoms with Gasteiger partial charge in [0.1, 0.15) is 5.84 Å². The Morgan fingerprint density at radius 1 is 1.04 bits per heavy atom. The monoisotopic (exact) mass is 708 g/mol. The molecule has 52 heavy (non-hydrogen) atoms. The molecule has 1 N–H and O–H groups in total. The van der Waals surface area contributed by atoms with Gasteiger partial charge in [0.25, 0.3) is 0 Å². The van der Waals surface area contributed by atoms with Crippen molar-refractivity contribution in [3.63, 3.8) is 0 Å². The van der Waals surface area contributed by atoms with Crippen molar-refractivity contribution >= 4 is 29.1 Å². The van der Waals surface area contributed by atoms with E-state index < -0.39 is 0 Å². The van der Waals surface area contributed by atoms with Crippen LogP contribution in [0.15, 0.2) is 57.0 Å². The summed E-state index contributed by atoms with van der Waals surface area (Å²) in [5.41, 5.74) is 8.63. The molecule has 0 bridgehead atoms. The van der Waals surface area contributed by atoms with Gasteiger partial charge >= 0.3 is 0 Å². The standard InChI is InChI=1S/C43H60N6O3/c1-8-25(4)17-39(50)48-16-15-27(6)42(48)43-46-35-14-12-29-20-34-32-13-11-30(19-31(32)24-52-37(34)21-33(29)41(35)47-43)36-22-44-38(45-36)23-49(28(7)10-3)40(51)18-26(5)9-2/h11,13,19-20,25-26,28,33-34,36-37,42-43H,6,8-10,12,14-18,21-24H2,1-5,7H3,(H,44,45). The lowest BCUT2D eigenvalue weighted by atomic mass is 9.69. The highest BCUT2D eigenvalue weighted by molar-refractivity contribution is 6.45. The van der Waals surface area contributed by atoms with E-state index in [1.54, 1.807) is 0 Å². The highest BCUT2D eigenvalue weighted by Gasteiger charge is 2.46. The number of amides is 2. The lowest BCUT2D eigenvalue weighted by Gasteiger charge is -2.41. The van der Waals surface area contributed by atoms with Crippen LogP contribution in [0.1, 0.15) is 128 Å². The van der Waals surface area contributed by atoms with E-state index in [9.17, 15) is 9.59 Å². The number of nitrogens with one attached hydrogen (secondary N) is 1. The molecule has 6 aliphatic rings. The number of fused-ring (bicyclic) bond motifs is 6. The van der Waals surface area contributed by atoms with Crippen LogP contribution < -0.4 is 5.32 Å². The van der Waals surface area contributed by atoms with Crippen LogP contribution in [0.5, 0.6) is 0 Å². The van der Waals surface area contributed by atoms with Crippen LogP contribution in [0, 0.1) is 17.8 Å². The summed E-state index contributed by atoms with van der Waals surface area (Å²) >= 11 is 0. The fourth-order valence-electron chi connectivity index (χ4n) is 9.03. The third-order valence-corrected chi connectivity index (χ3v) is 13.0. The summed E-state index contributed by atoms with van der Waals surface area (Å²) in [5.74, 6) is 2.54. The number of carbonyl (C=O) groups is 2. The van der Waals surface area contributed by atoms with Gasteiger partial charge in [-0.1, -0.05) is 83.9 Å². The Kier molecular flexibility index (Phi) is 10.9. The number of hydrogen-bond acceptors (Lipinski definition) is 7. The van der Waals surface area contributed by atoms with Crippen molar-refractivity contribution < 1.29 is 14.3 Å². The van der Waals surface area contributed by atoms with Gasteiger partial charge in [0, 0.05) is 37.3 Å². The molecule has 4 aliphatic heterocycles. The lowest BCUT2D eigenvalue weighted by Crippen LogP contribution is -2.45. The molecule has 4 heterocycles. The van der Waals surface area contributed by atoms with E-state index in [2.05, 4.69) is 77.7 Å². The third-order valence-electron chi connectivity index (χ3n) is 13.0. The van der Waals surface area contributed by atoms with Crippen LogP contribution in [0.25, 0.3) is 0 Å². The minimum Gasteiger partial charge on any atom is -0.373 e. The van der Waals surface area contributed by atoms with Crippen LogP contribution in [0.3, 0.4) is 0 Å². The van der Waals surface area contributed by atoms with Crippen molar-refractivity contribution in [2.75, 3.05) is 19.6 Å². The van der Waals surface area contributed by atoms with Gasteiger partial charge in [-0.3, -0.25) is 24.6 Å². The molecule has 280 valence electrons. The van der Waals surface area contributed by atoms with Gasteiger partial charge in [-0.15, -0.1) is 0 Å². The van der Waals surface area contributed by atoms with Crippen LogP contribution >= 0.6 is 0 Å². The molecule has 2 aliphatic carbocycles. The molecular formula is C43H60N6O3. The van der Waals surface area contributed by atoms with Crippen molar-refractivity contribution in [2.45, 2.75) is 142 Å². The van der Waals surface area contributed by atoms with E-state index in [1.165, 1.54) is 22.3 Å². The molecule has 2 amide bonds. The van der Waals surface area contributed by atoms with Crippen molar-refractivity contribution in [2.24, 2.45) is 32.7 Å². The molecule has 9 nitrogen and oxygen atoms in total. The third kappa shape index (κ3) is 7.19. The molecule has 1 saturated carbocycles. The summed E-state index contributed by atoms with van der Waals surface area (Å²) in [4.78, 5) is 45.9. The Balaban J connectivity index is 1.03. The van der Waals surface area contributed by atoms with Crippen LogP contribution in [0.2, 0.25) is 0 Å². The van der Waals surface area contributed by atoms with Crippen molar-refractivity contribution in [3.8, 4) is 0 Å². The van der Waals surface area contributed by atoms with E-state index >= 15 is 0 Å². The van der Waals surface area contributed by atoms with Gasteiger partial charge in [-0.2, -0.15) is 0 Å². The van der Waals surface area contributed by atoms with E-state index in [4.69, 9.17) is 19.7 Å². The molecule has 0 aromatic heterocycles. The highest BCUT2D eigenvalue weighted by atomic mass is 16.5. The molecular weight excluding hydrogens is 649 g/mol. The van der Waals surface area contributed by atoms with Gasteiger partial charge < -0.3 is 19.9 Å². The Morgan fingerprint density at radius 2 is 1.83 bits per heavy atom. The van der Waals surface area contributed by atoms with Crippen molar-refractivity contribution in [3.05, 3.63) is 58.7 Å². The number of allylic oxidation sites excluding steroid dienone is 1. The quantitative estimate of drug-likeness (QED) is 0.230. The van der Waals surface area contributed by atoms with Crippen molar-refractivity contribution in [1.82, 2.24) is 15.1 Å². The van der Waals surface area contributed by atoms with Gasteiger partial charge in [0.2, 0.25) is 11.8 Å². The predicted octanol–water partition coefficient (Wildman–Crippen LogP) is 7.33. The summed E-state index contributed by atoms with van der Waals surface area (Å²) in [7, 11) is 0. The van der Waals surface area contributed by atoms with Crippen LogP contribution in [-0.2, 0) is 20.9 Å². The van der Waals surface area contributed by atoms with Crippen LogP contribution in [0.4, 0.5) is 0 Å². The first-order valence-corrected chi connectivity index (χ1v) is 20.2. The summed E-state index contributed by atoms with van der Waals surface area (Å²) in [6, 6.07) is 7.03. The predicted molar refractivity (Wildman–Crippen MR) is 209 cm³/mol. The number of carbonyl (C=O) groups excluding carboxylic acids is 2. The molecule has 9 atom stereocenters. The summed E-state index contributed by atoms with van der Waals surface area (Å²) in [6.07, 6.45) is 10.0. The fourth-order valence-corrected chi connectivity index (χ4v) is 9.03.